The summed E-state index contributed by atoms with van der Waals surface area (Å²) in [5.41, 5.74) is 2.83. The normalized spacial score (nSPS) is 28.3. The van der Waals surface area contributed by atoms with Crippen LogP contribution in [0.2, 0.25) is 0 Å². The zero-order valence-corrected chi connectivity index (χ0v) is 11.1. The molecule has 92 valence electrons. The summed E-state index contributed by atoms with van der Waals surface area (Å²) in [4.78, 5) is 2.53. The van der Waals surface area contributed by atoms with Crippen molar-refractivity contribution < 1.29 is 0 Å². The lowest BCUT2D eigenvalue weighted by Crippen LogP contribution is -2.46. The van der Waals surface area contributed by atoms with E-state index >= 15 is 0 Å². The summed E-state index contributed by atoms with van der Waals surface area (Å²) in [6, 6.07) is 0.772. The Labute approximate surface area is 109 Å². The highest BCUT2D eigenvalue weighted by molar-refractivity contribution is 5.85. The summed E-state index contributed by atoms with van der Waals surface area (Å²) in [6.07, 6.45) is 7.18. The van der Waals surface area contributed by atoms with Gasteiger partial charge in [-0.1, -0.05) is 0 Å². The maximum absolute atomic E-state index is 4.14. The number of piperidine rings is 1. The second-order valence-corrected chi connectivity index (χ2v) is 4.73. The first-order chi connectivity index (χ1) is 6.84. The van der Waals surface area contributed by atoms with Crippen LogP contribution in [-0.4, -0.2) is 34.7 Å². The molecule has 1 aliphatic carbocycles. The Bertz CT molecular complexity index is 340. The number of nitrogens with one attached hydrogen (secondary N) is 1. The van der Waals surface area contributed by atoms with Gasteiger partial charge in [0.25, 0.3) is 0 Å². The summed E-state index contributed by atoms with van der Waals surface area (Å²) in [6.45, 7) is 1.27. The van der Waals surface area contributed by atoms with Crippen LogP contribution < -0.4 is 0 Å². The van der Waals surface area contributed by atoms with Crippen LogP contribution in [0.1, 0.15) is 24.1 Å². The number of hydrogen-bond acceptors (Lipinski definition) is 2. The minimum atomic E-state index is 0. The van der Waals surface area contributed by atoms with Gasteiger partial charge in [0.15, 0.2) is 0 Å². The molecular formula is C11H19Cl2N3. The van der Waals surface area contributed by atoms with Crippen LogP contribution in [-0.2, 0) is 12.8 Å². The van der Waals surface area contributed by atoms with Crippen molar-refractivity contribution in [3.63, 3.8) is 0 Å². The van der Waals surface area contributed by atoms with Crippen molar-refractivity contribution in [2.45, 2.75) is 31.7 Å². The van der Waals surface area contributed by atoms with Crippen molar-refractivity contribution in [2.24, 2.45) is 5.92 Å². The molecule has 1 aromatic rings. The molecule has 0 saturated carbocycles. The van der Waals surface area contributed by atoms with Gasteiger partial charge in [-0.2, -0.15) is 5.10 Å². The summed E-state index contributed by atoms with van der Waals surface area (Å²) in [5.74, 6) is 0.863. The molecule has 2 aliphatic rings. The van der Waals surface area contributed by atoms with Gasteiger partial charge in [0.05, 0.1) is 6.20 Å². The third-order valence-electron chi connectivity index (χ3n) is 3.90. The molecule has 2 atom stereocenters. The number of halogens is 2. The van der Waals surface area contributed by atoms with E-state index in [2.05, 4.69) is 22.1 Å². The Morgan fingerprint density at radius 3 is 3.00 bits per heavy atom. The molecule has 0 amide bonds. The number of hydrogen-bond donors (Lipinski definition) is 1. The Morgan fingerprint density at radius 2 is 2.19 bits per heavy atom. The number of aromatic nitrogens is 2. The smallest absolute Gasteiger partial charge is 0.0522 e. The first-order valence-electron chi connectivity index (χ1n) is 5.56. The second kappa shape index (κ2) is 5.39. The van der Waals surface area contributed by atoms with Crippen molar-refractivity contribution in [3.8, 4) is 0 Å². The Kier molecular flexibility index (Phi) is 4.65. The first-order valence-corrected chi connectivity index (χ1v) is 5.56. The highest BCUT2D eigenvalue weighted by atomic mass is 35.5. The minimum absolute atomic E-state index is 0. The molecule has 0 radical (unpaired) electrons. The van der Waals surface area contributed by atoms with Crippen molar-refractivity contribution in [1.29, 1.82) is 0 Å². The van der Waals surface area contributed by atoms with E-state index in [9.17, 15) is 0 Å². The van der Waals surface area contributed by atoms with Crippen LogP contribution in [0, 0.1) is 5.92 Å². The summed E-state index contributed by atoms with van der Waals surface area (Å²) < 4.78 is 0. The fourth-order valence-corrected chi connectivity index (χ4v) is 3.06. The van der Waals surface area contributed by atoms with E-state index in [0.717, 1.165) is 12.0 Å². The van der Waals surface area contributed by atoms with E-state index in [4.69, 9.17) is 0 Å². The molecule has 1 saturated heterocycles. The van der Waals surface area contributed by atoms with Gasteiger partial charge in [0.1, 0.15) is 0 Å². The van der Waals surface area contributed by atoms with Gasteiger partial charge < -0.3 is 4.90 Å². The van der Waals surface area contributed by atoms with Crippen LogP contribution in [0.25, 0.3) is 0 Å². The van der Waals surface area contributed by atoms with Gasteiger partial charge in [0, 0.05) is 11.7 Å². The fourth-order valence-electron chi connectivity index (χ4n) is 3.06. The molecule has 1 aliphatic heterocycles. The van der Waals surface area contributed by atoms with Crippen molar-refractivity contribution in [1.82, 2.24) is 15.1 Å². The van der Waals surface area contributed by atoms with Gasteiger partial charge >= 0.3 is 0 Å². The average molecular weight is 264 g/mol. The molecule has 1 aromatic heterocycles. The molecular weight excluding hydrogens is 245 g/mol. The van der Waals surface area contributed by atoms with Crippen molar-refractivity contribution >= 4 is 24.8 Å². The number of rotatable bonds is 0. The van der Waals surface area contributed by atoms with Crippen molar-refractivity contribution in [3.05, 3.63) is 17.5 Å². The summed E-state index contributed by atoms with van der Waals surface area (Å²) in [5, 5.41) is 7.28. The van der Waals surface area contributed by atoms with E-state index in [1.165, 1.54) is 43.5 Å². The molecule has 1 fully saturated rings. The topological polar surface area (TPSA) is 31.9 Å². The maximum atomic E-state index is 4.14. The zero-order valence-electron chi connectivity index (χ0n) is 9.48. The van der Waals surface area contributed by atoms with E-state index < -0.39 is 0 Å². The molecule has 5 heteroatoms. The number of H-pyrrole nitrogens is 1. The second-order valence-electron chi connectivity index (χ2n) is 4.73. The quantitative estimate of drug-likeness (QED) is 0.777. The molecule has 0 spiro atoms. The van der Waals surface area contributed by atoms with Crippen LogP contribution in [0.3, 0.4) is 0 Å². The van der Waals surface area contributed by atoms with E-state index in [1.54, 1.807) is 0 Å². The molecule has 0 bridgehead atoms. The fraction of sp³-hybridized carbons (Fsp3) is 0.727. The molecule has 1 N–H and O–H groups in total. The van der Waals surface area contributed by atoms with Crippen molar-refractivity contribution in [2.75, 3.05) is 13.6 Å². The van der Waals surface area contributed by atoms with Gasteiger partial charge in [0.2, 0.25) is 0 Å². The Hall–Kier alpha value is -0.250. The predicted molar refractivity (Wildman–Crippen MR) is 69.6 cm³/mol. The maximum Gasteiger partial charge on any atom is 0.0522 e. The predicted octanol–water partition coefficient (Wildman–Crippen LogP) is 2.06. The van der Waals surface area contributed by atoms with Gasteiger partial charge in [-0.15, -0.1) is 24.8 Å². The zero-order chi connectivity index (χ0) is 9.54. The van der Waals surface area contributed by atoms with Crippen LogP contribution >= 0.6 is 24.8 Å². The first kappa shape index (κ1) is 13.8. The Balaban J connectivity index is 0.000000640. The molecule has 1 unspecified atom stereocenters. The third-order valence-corrected chi connectivity index (χ3v) is 3.90. The van der Waals surface area contributed by atoms with Crippen LogP contribution in [0.15, 0.2) is 6.20 Å². The molecule has 3 nitrogen and oxygen atoms in total. The van der Waals surface area contributed by atoms with Crippen LogP contribution in [0.5, 0.6) is 0 Å². The van der Waals surface area contributed by atoms with Gasteiger partial charge in [-0.05, 0) is 50.8 Å². The van der Waals surface area contributed by atoms with Gasteiger partial charge in [-0.25, -0.2) is 0 Å². The largest absolute Gasteiger partial charge is 0.303 e. The monoisotopic (exact) mass is 263 g/mol. The highest BCUT2D eigenvalue weighted by Crippen LogP contribution is 2.33. The molecule has 16 heavy (non-hydrogen) atoms. The lowest BCUT2D eigenvalue weighted by atomic mass is 9.78. The Morgan fingerprint density at radius 1 is 1.38 bits per heavy atom. The standard InChI is InChI=1S/C11H17N3.2ClH/c1-14-4-2-3-8-5-10-9(6-11(8)14)7-12-13-10;;/h7-8,11H,2-6H2,1H3,(H,12,13);2*1H/t8-,11?;;/m1../s1. The number of likely N-dealkylation sites (tertiary alicyclic amines) is 1. The third kappa shape index (κ3) is 2.22. The number of aromatic amines is 1. The summed E-state index contributed by atoms with van der Waals surface area (Å²) >= 11 is 0. The lowest BCUT2D eigenvalue weighted by molar-refractivity contribution is 0.112. The van der Waals surface area contributed by atoms with Gasteiger partial charge in [-0.3, -0.25) is 5.10 Å². The van der Waals surface area contributed by atoms with E-state index in [1.807, 2.05) is 6.20 Å². The SMILES string of the molecule is CN1CCC[C@@H]2Cc3[nH]ncc3CC21.Cl.Cl. The molecule has 3 rings (SSSR count). The van der Waals surface area contributed by atoms with E-state index in [0.29, 0.717) is 0 Å². The summed E-state index contributed by atoms with van der Waals surface area (Å²) in [7, 11) is 2.27. The molecule has 0 aromatic carbocycles. The minimum Gasteiger partial charge on any atom is -0.303 e. The van der Waals surface area contributed by atoms with E-state index in [-0.39, 0.29) is 24.8 Å². The number of nitrogens with zero attached hydrogens (tertiary/aromatic N) is 2. The lowest BCUT2D eigenvalue weighted by Gasteiger charge is -2.41. The van der Waals surface area contributed by atoms with Crippen LogP contribution in [0.4, 0.5) is 0 Å². The number of likely N-dealkylation sites (N-methyl/N-ethyl adjacent to an activating group) is 1. The average Bonchev–Trinajstić information content (AvgIpc) is 2.62. The highest BCUT2D eigenvalue weighted by Gasteiger charge is 2.34. The molecule has 2 heterocycles. The number of fused-ring (bicyclic) bond motifs is 2.